The summed E-state index contributed by atoms with van der Waals surface area (Å²) in [4.78, 5) is 34.8. The monoisotopic (exact) mass is 506 g/mol. The Balaban J connectivity index is 1.26. The van der Waals surface area contributed by atoms with Crippen LogP contribution in [0.1, 0.15) is 10.4 Å². The molecule has 36 heavy (non-hydrogen) atoms. The van der Waals surface area contributed by atoms with Gasteiger partial charge in [-0.2, -0.15) is 4.98 Å². The van der Waals surface area contributed by atoms with Gasteiger partial charge in [-0.15, -0.1) is 0 Å². The van der Waals surface area contributed by atoms with Crippen LogP contribution in [0.5, 0.6) is 0 Å². The molecule has 3 aliphatic rings. The number of guanidine groups is 1. The molecule has 0 atom stereocenters. The van der Waals surface area contributed by atoms with Gasteiger partial charge in [-0.1, -0.05) is 17.7 Å². The third-order valence-corrected chi connectivity index (χ3v) is 7.01. The standard InChI is InChI=1S/C25H24ClFN8O/c1-32-11-13-33(14-12-32)17-7-5-16(6-8-17)30-24-29-15-18-22(31-24)34-10-9-28-25(34)35(23(18)36)20-4-2-3-19(27)21(20)26/h2-8,15H,9-14H2,1H3,(H,29,30,31). The van der Waals surface area contributed by atoms with Gasteiger partial charge in [0.25, 0.3) is 5.91 Å². The SMILES string of the molecule is CN1CCN(c2ccc(Nc3ncc4c(n3)N3CCN=C3N(c3cccc(F)c3Cl)C4=O)cc2)CC1. The van der Waals surface area contributed by atoms with Crippen molar-refractivity contribution < 1.29 is 9.18 Å². The summed E-state index contributed by atoms with van der Waals surface area (Å²) in [6.07, 6.45) is 1.49. The molecule has 0 unspecified atom stereocenters. The van der Waals surface area contributed by atoms with E-state index >= 15 is 0 Å². The van der Waals surface area contributed by atoms with Crippen LogP contribution in [-0.2, 0) is 0 Å². The lowest BCUT2D eigenvalue weighted by atomic mass is 10.1. The van der Waals surface area contributed by atoms with E-state index < -0.39 is 11.7 Å². The van der Waals surface area contributed by atoms with Gasteiger partial charge < -0.3 is 15.1 Å². The highest BCUT2D eigenvalue weighted by Crippen LogP contribution is 2.36. The molecule has 0 spiro atoms. The predicted molar refractivity (Wildman–Crippen MR) is 139 cm³/mol. The molecular weight excluding hydrogens is 483 g/mol. The average molecular weight is 507 g/mol. The Hall–Kier alpha value is -3.76. The van der Waals surface area contributed by atoms with E-state index in [1.54, 1.807) is 6.07 Å². The first kappa shape index (κ1) is 22.7. The van der Waals surface area contributed by atoms with Gasteiger partial charge in [-0.3, -0.25) is 14.7 Å². The number of amides is 1. The van der Waals surface area contributed by atoms with Crippen LogP contribution in [0.2, 0.25) is 5.02 Å². The highest BCUT2D eigenvalue weighted by molar-refractivity contribution is 6.38. The number of hydrogen-bond acceptors (Lipinski definition) is 8. The third kappa shape index (κ3) is 3.92. The lowest BCUT2D eigenvalue weighted by molar-refractivity contribution is 0.1000. The highest BCUT2D eigenvalue weighted by Gasteiger charge is 2.40. The number of aliphatic imine (C=N–C) groups is 1. The Bertz CT molecular complexity index is 1360. The minimum Gasteiger partial charge on any atom is -0.369 e. The second kappa shape index (κ2) is 9.03. The molecule has 2 aromatic carbocycles. The van der Waals surface area contributed by atoms with E-state index in [0.29, 0.717) is 36.4 Å². The van der Waals surface area contributed by atoms with Crippen LogP contribution in [0.3, 0.4) is 0 Å². The number of hydrogen-bond donors (Lipinski definition) is 1. The van der Waals surface area contributed by atoms with Crippen LogP contribution in [0, 0.1) is 5.82 Å². The number of likely N-dealkylation sites (N-methyl/N-ethyl adjacent to an activating group) is 1. The first-order valence-corrected chi connectivity index (χ1v) is 12.2. The Morgan fingerprint density at radius 2 is 1.81 bits per heavy atom. The predicted octanol–water partition coefficient (Wildman–Crippen LogP) is 3.60. The van der Waals surface area contributed by atoms with Gasteiger partial charge in [-0.05, 0) is 43.4 Å². The number of nitrogens with one attached hydrogen (secondary N) is 1. The fraction of sp³-hybridized carbons (Fsp3) is 0.280. The zero-order valence-electron chi connectivity index (χ0n) is 19.7. The molecule has 3 aliphatic heterocycles. The van der Waals surface area contributed by atoms with Gasteiger partial charge in [0.05, 0.1) is 12.2 Å². The van der Waals surface area contributed by atoms with Crippen LogP contribution >= 0.6 is 11.6 Å². The van der Waals surface area contributed by atoms with Crippen molar-refractivity contribution >= 4 is 52.3 Å². The summed E-state index contributed by atoms with van der Waals surface area (Å²) >= 11 is 6.20. The number of carbonyl (C=O) groups excluding carboxylic acids is 1. The molecule has 4 heterocycles. The minimum absolute atomic E-state index is 0.136. The maximum Gasteiger partial charge on any atom is 0.270 e. The molecule has 1 aromatic heterocycles. The average Bonchev–Trinajstić information content (AvgIpc) is 3.37. The van der Waals surface area contributed by atoms with Gasteiger partial charge in [0.15, 0.2) is 5.82 Å². The maximum absolute atomic E-state index is 14.1. The zero-order valence-corrected chi connectivity index (χ0v) is 20.4. The van der Waals surface area contributed by atoms with Crippen LogP contribution in [-0.4, -0.2) is 73.1 Å². The molecule has 1 saturated heterocycles. The molecule has 1 fully saturated rings. The van der Waals surface area contributed by atoms with Crippen molar-refractivity contribution in [2.75, 3.05) is 66.3 Å². The van der Waals surface area contributed by atoms with Crippen molar-refractivity contribution in [3.8, 4) is 0 Å². The van der Waals surface area contributed by atoms with E-state index in [1.807, 2.05) is 17.0 Å². The van der Waals surface area contributed by atoms with E-state index in [9.17, 15) is 9.18 Å². The summed E-state index contributed by atoms with van der Waals surface area (Å²) in [6.45, 7) is 5.12. The summed E-state index contributed by atoms with van der Waals surface area (Å²) in [6, 6.07) is 12.5. The fourth-order valence-electron chi connectivity index (χ4n) is 4.66. The largest absolute Gasteiger partial charge is 0.369 e. The van der Waals surface area contributed by atoms with Gasteiger partial charge in [-0.25, -0.2) is 14.3 Å². The molecule has 9 nitrogen and oxygen atoms in total. The second-order valence-electron chi connectivity index (χ2n) is 8.94. The van der Waals surface area contributed by atoms with E-state index in [4.69, 9.17) is 11.6 Å². The molecule has 0 radical (unpaired) electrons. The zero-order chi connectivity index (χ0) is 24.8. The lowest BCUT2D eigenvalue weighted by Crippen LogP contribution is -2.51. The van der Waals surface area contributed by atoms with E-state index in [1.165, 1.54) is 28.9 Å². The molecule has 1 amide bonds. The molecular formula is C25H24ClFN8O. The van der Waals surface area contributed by atoms with Crippen LogP contribution in [0.15, 0.2) is 53.7 Å². The molecule has 1 N–H and O–H groups in total. The number of fused-ring (bicyclic) bond motifs is 3. The van der Waals surface area contributed by atoms with Crippen molar-refractivity contribution in [1.29, 1.82) is 0 Å². The highest BCUT2D eigenvalue weighted by atomic mass is 35.5. The number of piperazine rings is 1. The lowest BCUT2D eigenvalue weighted by Gasteiger charge is -2.35. The van der Waals surface area contributed by atoms with Crippen molar-refractivity contribution in [3.05, 3.63) is 65.1 Å². The summed E-state index contributed by atoms with van der Waals surface area (Å²) in [5.41, 5.74) is 2.56. The Morgan fingerprint density at radius 1 is 1.03 bits per heavy atom. The van der Waals surface area contributed by atoms with Crippen LogP contribution in [0.25, 0.3) is 0 Å². The number of benzene rings is 2. The molecule has 0 bridgehead atoms. The Kier molecular flexibility index (Phi) is 5.69. The van der Waals surface area contributed by atoms with Crippen molar-refractivity contribution in [3.63, 3.8) is 0 Å². The summed E-state index contributed by atoms with van der Waals surface area (Å²) < 4.78 is 14.1. The van der Waals surface area contributed by atoms with Crippen molar-refractivity contribution in [1.82, 2.24) is 14.9 Å². The molecule has 0 saturated carbocycles. The van der Waals surface area contributed by atoms with Gasteiger partial charge in [0.2, 0.25) is 11.9 Å². The van der Waals surface area contributed by atoms with Crippen LogP contribution < -0.4 is 20.0 Å². The van der Waals surface area contributed by atoms with E-state index in [0.717, 1.165) is 31.9 Å². The molecule has 0 aliphatic carbocycles. The fourth-order valence-corrected chi connectivity index (χ4v) is 4.87. The summed E-state index contributed by atoms with van der Waals surface area (Å²) in [7, 11) is 2.14. The van der Waals surface area contributed by atoms with E-state index in [-0.39, 0.29) is 10.7 Å². The number of anilines is 5. The minimum atomic E-state index is -0.604. The topological polar surface area (TPSA) is 80.2 Å². The normalized spacial score (nSPS) is 17.7. The van der Waals surface area contributed by atoms with Gasteiger partial charge in [0.1, 0.15) is 16.4 Å². The summed E-state index contributed by atoms with van der Waals surface area (Å²) in [5, 5.41) is 3.10. The molecule has 6 rings (SSSR count). The van der Waals surface area contributed by atoms with E-state index in [2.05, 4.69) is 49.3 Å². The summed E-state index contributed by atoms with van der Waals surface area (Å²) in [5.74, 6) is 0.204. The Labute approximate surface area is 212 Å². The first-order chi connectivity index (χ1) is 17.5. The Morgan fingerprint density at radius 3 is 2.58 bits per heavy atom. The number of carbonyl (C=O) groups is 1. The van der Waals surface area contributed by atoms with Crippen molar-refractivity contribution in [2.45, 2.75) is 0 Å². The first-order valence-electron chi connectivity index (χ1n) is 11.8. The maximum atomic E-state index is 14.1. The number of aromatic nitrogens is 2. The number of nitrogens with zero attached hydrogens (tertiary/aromatic N) is 7. The number of halogens is 2. The molecule has 184 valence electrons. The number of rotatable bonds is 4. The van der Waals surface area contributed by atoms with Crippen LogP contribution in [0.4, 0.5) is 33.2 Å². The quantitative estimate of drug-likeness (QED) is 0.579. The third-order valence-electron chi connectivity index (χ3n) is 6.64. The molecule has 3 aromatic rings. The van der Waals surface area contributed by atoms with Gasteiger partial charge in [0, 0.05) is 50.3 Å². The second-order valence-corrected chi connectivity index (χ2v) is 9.32. The molecule has 11 heteroatoms. The van der Waals surface area contributed by atoms with Gasteiger partial charge >= 0.3 is 0 Å². The smallest absolute Gasteiger partial charge is 0.270 e. The van der Waals surface area contributed by atoms with Crippen molar-refractivity contribution in [2.24, 2.45) is 4.99 Å².